The molecule has 1 aromatic rings. The third-order valence-corrected chi connectivity index (χ3v) is 2.69. The zero-order chi connectivity index (χ0) is 12.3. The molecule has 0 N–H and O–H groups in total. The van der Waals surface area contributed by atoms with Crippen LogP contribution in [0.3, 0.4) is 0 Å². The van der Waals surface area contributed by atoms with Gasteiger partial charge in [0.1, 0.15) is 0 Å². The van der Waals surface area contributed by atoms with E-state index in [0.29, 0.717) is 10.6 Å². The van der Waals surface area contributed by atoms with Crippen LogP contribution in [0.2, 0.25) is 5.02 Å². The standard InChI is InChI=1S/C12H12ClNO2/c1-12(2,7-14)8-4-5-9(10(13)6-8)11(15)16-3/h4-6H,1-3H3. The van der Waals surface area contributed by atoms with Gasteiger partial charge >= 0.3 is 5.97 Å². The summed E-state index contributed by atoms with van der Waals surface area (Å²) in [6, 6.07) is 7.08. The maximum absolute atomic E-state index is 11.3. The summed E-state index contributed by atoms with van der Waals surface area (Å²) < 4.78 is 4.58. The van der Waals surface area contributed by atoms with E-state index in [2.05, 4.69) is 10.8 Å². The number of ether oxygens (including phenoxy) is 1. The molecule has 0 unspecified atom stereocenters. The summed E-state index contributed by atoms with van der Waals surface area (Å²) in [5.41, 5.74) is 0.451. The normalized spacial score (nSPS) is 10.7. The second kappa shape index (κ2) is 4.54. The van der Waals surface area contributed by atoms with E-state index in [1.807, 2.05) is 0 Å². The number of esters is 1. The fourth-order valence-corrected chi connectivity index (χ4v) is 1.50. The fourth-order valence-electron chi connectivity index (χ4n) is 1.24. The number of hydrogen-bond acceptors (Lipinski definition) is 3. The number of carbonyl (C=O) groups is 1. The minimum absolute atomic E-state index is 0.299. The Labute approximate surface area is 99.6 Å². The third kappa shape index (κ3) is 2.34. The van der Waals surface area contributed by atoms with Crippen LogP contribution in [0.4, 0.5) is 0 Å². The lowest BCUT2D eigenvalue weighted by atomic mass is 9.86. The Morgan fingerprint density at radius 1 is 1.50 bits per heavy atom. The fraction of sp³-hybridized carbons (Fsp3) is 0.333. The molecule has 0 saturated carbocycles. The van der Waals surface area contributed by atoms with E-state index < -0.39 is 11.4 Å². The van der Waals surface area contributed by atoms with Crippen molar-refractivity contribution >= 4 is 17.6 Å². The first-order valence-corrected chi connectivity index (χ1v) is 5.10. The van der Waals surface area contributed by atoms with E-state index >= 15 is 0 Å². The van der Waals surface area contributed by atoms with Gasteiger partial charge in [0.25, 0.3) is 0 Å². The number of nitriles is 1. The van der Waals surface area contributed by atoms with Crippen LogP contribution in [0.15, 0.2) is 18.2 Å². The predicted octanol–water partition coefficient (Wildman–Crippen LogP) is 2.93. The number of halogens is 1. The third-order valence-electron chi connectivity index (χ3n) is 2.38. The zero-order valence-corrected chi connectivity index (χ0v) is 10.1. The van der Waals surface area contributed by atoms with Crippen LogP contribution < -0.4 is 0 Å². The molecule has 0 aromatic heterocycles. The lowest BCUT2D eigenvalue weighted by Gasteiger charge is -2.16. The Morgan fingerprint density at radius 2 is 2.12 bits per heavy atom. The highest BCUT2D eigenvalue weighted by Gasteiger charge is 2.21. The SMILES string of the molecule is COC(=O)c1ccc(C(C)(C)C#N)cc1Cl. The Bertz CT molecular complexity index is 461. The molecule has 0 heterocycles. The van der Waals surface area contributed by atoms with Crippen molar-refractivity contribution in [2.45, 2.75) is 19.3 Å². The van der Waals surface area contributed by atoms with E-state index in [1.165, 1.54) is 7.11 Å². The maximum atomic E-state index is 11.3. The molecule has 16 heavy (non-hydrogen) atoms. The van der Waals surface area contributed by atoms with Crippen LogP contribution in [-0.4, -0.2) is 13.1 Å². The van der Waals surface area contributed by atoms with E-state index in [9.17, 15) is 4.79 Å². The maximum Gasteiger partial charge on any atom is 0.339 e. The van der Waals surface area contributed by atoms with Crippen molar-refractivity contribution < 1.29 is 9.53 Å². The van der Waals surface area contributed by atoms with Gasteiger partial charge in [-0.2, -0.15) is 5.26 Å². The topological polar surface area (TPSA) is 50.1 Å². The van der Waals surface area contributed by atoms with Crippen molar-refractivity contribution in [3.8, 4) is 6.07 Å². The first-order valence-electron chi connectivity index (χ1n) is 4.72. The van der Waals surface area contributed by atoms with Crippen LogP contribution in [0.25, 0.3) is 0 Å². The zero-order valence-electron chi connectivity index (χ0n) is 9.37. The second-order valence-corrected chi connectivity index (χ2v) is 4.33. The van der Waals surface area contributed by atoms with Gasteiger partial charge in [-0.05, 0) is 31.5 Å². The largest absolute Gasteiger partial charge is 0.465 e. The van der Waals surface area contributed by atoms with Crippen LogP contribution >= 0.6 is 11.6 Å². The summed E-state index contributed by atoms with van der Waals surface area (Å²) in [6.45, 7) is 3.58. The highest BCUT2D eigenvalue weighted by molar-refractivity contribution is 6.33. The van der Waals surface area contributed by atoms with Crippen LogP contribution in [0.5, 0.6) is 0 Å². The molecule has 1 aromatic carbocycles. The summed E-state index contributed by atoms with van der Waals surface area (Å²) >= 11 is 5.96. The molecule has 4 heteroatoms. The number of carbonyl (C=O) groups excluding carboxylic acids is 1. The van der Waals surface area contributed by atoms with Gasteiger partial charge in [-0.3, -0.25) is 0 Å². The molecule has 3 nitrogen and oxygen atoms in total. The average Bonchev–Trinajstić information content (AvgIpc) is 2.28. The minimum Gasteiger partial charge on any atom is -0.465 e. The molecule has 0 spiro atoms. The molecule has 0 aliphatic rings. The van der Waals surface area contributed by atoms with Crippen LogP contribution in [0.1, 0.15) is 29.8 Å². The molecule has 0 amide bonds. The Kier molecular flexibility index (Phi) is 3.56. The monoisotopic (exact) mass is 237 g/mol. The average molecular weight is 238 g/mol. The predicted molar refractivity (Wildman–Crippen MR) is 61.4 cm³/mol. The van der Waals surface area contributed by atoms with E-state index in [-0.39, 0.29) is 0 Å². The van der Waals surface area contributed by atoms with Gasteiger partial charge in [0.15, 0.2) is 0 Å². The molecular formula is C12H12ClNO2. The Hall–Kier alpha value is -1.53. The van der Waals surface area contributed by atoms with E-state index in [0.717, 1.165) is 5.56 Å². The molecule has 1 rings (SSSR count). The second-order valence-electron chi connectivity index (χ2n) is 3.92. The first-order chi connectivity index (χ1) is 7.42. The van der Waals surface area contributed by atoms with Crippen LogP contribution in [0, 0.1) is 11.3 Å². The summed E-state index contributed by atoms with van der Waals surface area (Å²) in [7, 11) is 1.30. The Balaban J connectivity index is 3.20. The van der Waals surface area contributed by atoms with E-state index in [1.54, 1.807) is 32.0 Å². The number of benzene rings is 1. The summed E-state index contributed by atoms with van der Waals surface area (Å²) in [5, 5.41) is 9.28. The van der Waals surface area contributed by atoms with Crippen molar-refractivity contribution in [1.82, 2.24) is 0 Å². The molecule has 0 fully saturated rings. The molecular weight excluding hydrogens is 226 g/mol. The number of rotatable bonds is 2. The molecule has 0 atom stereocenters. The van der Waals surface area contributed by atoms with Crippen molar-refractivity contribution in [3.63, 3.8) is 0 Å². The van der Waals surface area contributed by atoms with Crippen LogP contribution in [-0.2, 0) is 10.2 Å². The van der Waals surface area contributed by atoms with Gasteiger partial charge in [0.2, 0.25) is 0 Å². The molecule has 0 radical (unpaired) electrons. The quantitative estimate of drug-likeness (QED) is 0.743. The molecule has 0 aliphatic carbocycles. The lowest BCUT2D eigenvalue weighted by molar-refractivity contribution is 0.0601. The number of hydrogen-bond donors (Lipinski definition) is 0. The smallest absolute Gasteiger partial charge is 0.339 e. The number of nitrogens with zero attached hydrogens (tertiary/aromatic N) is 1. The molecule has 0 saturated heterocycles. The van der Waals surface area contributed by atoms with Gasteiger partial charge < -0.3 is 4.74 Å². The summed E-state index contributed by atoms with van der Waals surface area (Å²) in [4.78, 5) is 11.3. The van der Waals surface area contributed by atoms with Crippen molar-refractivity contribution in [2.75, 3.05) is 7.11 Å². The Morgan fingerprint density at radius 3 is 2.56 bits per heavy atom. The first kappa shape index (κ1) is 12.5. The van der Waals surface area contributed by atoms with Gasteiger partial charge in [0.05, 0.1) is 29.2 Å². The highest BCUT2D eigenvalue weighted by Crippen LogP contribution is 2.27. The highest BCUT2D eigenvalue weighted by atomic mass is 35.5. The summed E-state index contributed by atoms with van der Waals surface area (Å²) in [6.07, 6.45) is 0. The van der Waals surface area contributed by atoms with Gasteiger partial charge in [-0.1, -0.05) is 17.7 Å². The van der Waals surface area contributed by atoms with Crippen molar-refractivity contribution in [2.24, 2.45) is 0 Å². The summed E-state index contributed by atoms with van der Waals surface area (Å²) in [5.74, 6) is -0.480. The van der Waals surface area contributed by atoms with Crippen molar-refractivity contribution in [1.29, 1.82) is 5.26 Å². The van der Waals surface area contributed by atoms with Gasteiger partial charge in [0, 0.05) is 0 Å². The molecule has 0 bridgehead atoms. The van der Waals surface area contributed by atoms with Gasteiger partial charge in [-0.25, -0.2) is 4.79 Å². The van der Waals surface area contributed by atoms with Gasteiger partial charge in [-0.15, -0.1) is 0 Å². The molecule has 84 valence electrons. The van der Waals surface area contributed by atoms with E-state index in [4.69, 9.17) is 16.9 Å². The lowest BCUT2D eigenvalue weighted by Crippen LogP contribution is -2.14. The minimum atomic E-state index is -0.627. The molecule has 0 aliphatic heterocycles. The van der Waals surface area contributed by atoms with Crippen molar-refractivity contribution in [3.05, 3.63) is 34.3 Å². The number of methoxy groups -OCH3 is 1.